The maximum atomic E-state index is 12.4. The summed E-state index contributed by atoms with van der Waals surface area (Å²) in [7, 11) is 3.90. The first-order valence-corrected chi connectivity index (χ1v) is 11.1. The fourth-order valence-corrected chi connectivity index (χ4v) is 4.15. The lowest BCUT2D eigenvalue weighted by atomic mass is 9.91. The molecular formula is C24H26N6O4. The molecule has 3 aromatic rings. The number of nitro benzene ring substituents is 1. The molecule has 0 aliphatic heterocycles. The highest BCUT2D eigenvalue weighted by Gasteiger charge is 2.26. The van der Waals surface area contributed by atoms with Crippen LogP contribution >= 0.6 is 0 Å². The zero-order valence-corrected chi connectivity index (χ0v) is 19.0. The van der Waals surface area contributed by atoms with Crippen molar-refractivity contribution in [2.45, 2.75) is 37.8 Å². The Balaban J connectivity index is 1.33. The van der Waals surface area contributed by atoms with Crippen molar-refractivity contribution in [3.05, 3.63) is 64.2 Å². The first-order chi connectivity index (χ1) is 16.3. The standard InChI is InChI=1S/C24H26N6O4/c1-29(2)22-19-5-3-4-6-20(19)27-24(28-22)26-17-11-9-16(10-12-17)25-23(32)21(31)15-7-13-18(14-8-15)30(33)34/h3-8,13-14,16-17H,9-12H2,1-2H3,(H,25,32)(H,26,27,28). The second-order valence-electron chi connectivity index (χ2n) is 8.58. The van der Waals surface area contributed by atoms with Crippen molar-refractivity contribution in [2.75, 3.05) is 24.3 Å². The number of nitro groups is 1. The molecule has 2 N–H and O–H groups in total. The zero-order valence-electron chi connectivity index (χ0n) is 19.0. The fourth-order valence-electron chi connectivity index (χ4n) is 4.15. The molecule has 176 valence electrons. The summed E-state index contributed by atoms with van der Waals surface area (Å²) in [6, 6.07) is 13.0. The Morgan fingerprint density at radius 2 is 1.62 bits per heavy atom. The molecule has 0 bridgehead atoms. The van der Waals surface area contributed by atoms with Crippen LogP contribution in [0.3, 0.4) is 0 Å². The van der Waals surface area contributed by atoms with Crippen LogP contribution in [0.1, 0.15) is 36.0 Å². The van der Waals surface area contributed by atoms with Gasteiger partial charge in [-0.05, 0) is 49.9 Å². The number of rotatable bonds is 7. The lowest BCUT2D eigenvalue weighted by molar-refractivity contribution is -0.384. The molecule has 0 atom stereocenters. The molecule has 1 aliphatic carbocycles. The number of benzene rings is 2. The molecule has 10 nitrogen and oxygen atoms in total. The minimum Gasteiger partial charge on any atom is -0.362 e. The first kappa shape index (κ1) is 23.1. The zero-order chi connectivity index (χ0) is 24.2. The minimum atomic E-state index is -0.698. The van der Waals surface area contributed by atoms with Crippen LogP contribution in [0.4, 0.5) is 17.5 Å². The van der Waals surface area contributed by atoms with Gasteiger partial charge in [-0.25, -0.2) is 4.98 Å². The van der Waals surface area contributed by atoms with E-state index in [9.17, 15) is 19.7 Å². The molecule has 0 saturated heterocycles. The smallest absolute Gasteiger partial charge is 0.292 e. The molecule has 10 heteroatoms. The van der Waals surface area contributed by atoms with E-state index in [1.54, 1.807) is 0 Å². The summed E-state index contributed by atoms with van der Waals surface area (Å²) in [5, 5.41) is 18.0. The molecule has 0 radical (unpaired) electrons. The molecule has 1 aliphatic rings. The van der Waals surface area contributed by atoms with Gasteiger partial charge in [0.25, 0.3) is 11.6 Å². The molecule has 34 heavy (non-hydrogen) atoms. The average Bonchev–Trinajstić information content (AvgIpc) is 2.84. The predicted octanol–water partition coefficient (Wildman–Crippen LogP) is 3.33. The number of fused-ring (bicyclic) bond motifs is 1. The summed E-state index contributed by atoms with van der Waals surface area (Å²) in [5.74, 6) is 0.0247. The Kier molecular flexibility index (Phi) is 6.67. The van der Waals surface area contributed by atoms with Crippen LogP contribution in [0.5, 0.6) is 0 Å². The third-order valence-corrected chi connectivity index (χ3v) is 5.95. The molecular weight excluding hydrogens is 436 g/mol. The van der Waals surface area contributed by atoms with Crippen LogP contribution in [-0.4, -0.2) is 52.8 Å². The van der Waals surface area contributed by atoms with Gasteiger partial charge in [0.05, 0.1) is 10.4 Å². The van der Waals surface area contributed by atoms with Crippen LogP contribution in [-0.2, 0) is 4.79 Å². The van der Waals surface area contributed by atoms with Gasteiger partial charge in [0.1, 0.15) is 5.82 Å². The SMILES string of the molecule is CN(C)c1nc(NC2CCC(NC(=O)C(=O)c3ccc([N+](=O)[O-])cc3)CC2)nc2ccccc12. The maximum Gasteiger partial charge on any atom is 0.292 e. The number of non-ortho nitro benzene ring substituents is 1. The third kappa shape index (κ3) is 5.11. The van der Waals surface area contributed by atoms with Crippen LogP contribution in [0.25, 0.3) is 10.9 Å². The fraction of sp³-hybridized carbons (Fsp3) is 0.333. The Morgan fingerprint density at radius 1 is 0.971 bits per heavy atom. The Labute approximate surface area is 196 Å². The van der Waals surface area contributed by atoms with E-state index in [0.29, 0.717) is 18.8 Å². The number of aromatic nitrogens is 2. The van der Waals surface area contributed by atoms with Crippen molar-refractivity contribution in [3.8, 4) is 0 Å². The number of carbonyl (C=O) groups is 2. The Morgan fingerprint density at radius 3 is 2.26 bits per heavy atom. The number of nitrogens with one attached hydrogen (secondary N) is 2. The average molecular weight is 463 g/mol. The molecule has 1 aromatic heterocycles. The second-order valence-corrected chi connectivity index (χ2v) is 8.58. The molecule has 0 unspecified atom stereocenters. The third-order valence-electron chi connectivity index (χ3n) is 5.95. The lowest BCUT2D eigenvalue weighted by Crippen LogP contribution is -2.43. The van der Waals surface area contributed by atoms with Gasteiger partial charge in [-0.3, -0.25) is 19.7 Å². The van der Waals surface area contributed by atoms with Gasteiger partial charge in [-0.15, -0.1) is 0 Å². The lowest BCUT2D eigenvalue weighted by Gasteiger charge is -2.29. The van der Waals surface area contributed by atoms with Crippen LogP contribution in [0, 0.1) is 10.1 Å². The van der Waals surface area contributed by atoms with Gasteiger partial charge < -0.3 is 15.5 Å². The van der Waals surface area contributed by atoms with Crippen molar-refractivity contribution < 1.29 is 14.5 Å². The first-order valence-electron chi connectivity index (χ1n) is 11.1. The Hall–Kier alpha value is -4.08. The van der Waals surface area contributed by atoms with E-state index >= 15 is 0 Å². The highest BCUT2D eigenvalue weighted by atomic mass is 16.6. The number of hydrogen-bond donors (Lipinski definition) is 2. The second kappa shape index (κ2) is 9.82. The molecule has 1 heterocycles. The molecule has 1 fully saturated rings. The highest BCUT2D eigenvalue weighted by Crippen LogP contribution is 2.26. The van der Waals surface area contributed by atoms with Crippen molar-refractivity contribution in [3.63, 3.8) is 0 Å². The topological polar surface area (TPSA) is 130 Å². The van der Waals surface area contributed by atoms with Crippen LogP contribution in [0.2, 0.25) is 0 Å². The van der Waals surface area contributed by atoms with Gasteiger partial charge >= 0.3 is 0 Å². The molecule has 0 spiro atoms. The van der Waals surface area contributed by atoms with E-state index < -0.39 is 16.6 Å². The maximum absolute atomic E-state index is 12.4. The van der Waals surface area contributed by atoms with E-state index in [0.717, 1.165) is 29.6 Å². The quantitative estimate of drug-likeness (QED) is 0.237. The van der Waals surface area contributed by atoms with Gasteiger partial charge in [-0.2, -0.15) is 4.98 Å². The van der Waals surface area contributed by atoms with Gasteiger partial charge in [-0.1, -0.05) is 12.1 Å². The number of anilines is 2. The monoisotopic (exact) mass is 462 g/mol. The molecule has 4 rings (SSSR count). The number of para-hydroxylation sites is 1. The number of nitrogens with zero attached hydrogens (tertiary/aromatic N) is 4. The highest BCUT2D eigenvalue weighted by molar-refractivity contribution is 6.42. The molecule has 1 amide bonds. The van der Waals surface area contributed by atoms with Crippen molar-refractivity contribution >= 4 is 40.0 Å². The van der Waals surface area contributed by atoms with E-state index in [4.69, 9.17) is 0 Å². The van der Waals surface area contributed by atoms with Crippen LogP contribution in [0.15, 0.2) is 48.5 Å². The van der Waals surface area contributed by atoms with Gasteiger partial charge in [0, 0.05) is 49.3 Å². The molecule has 1 saturated carbocycles. The molecule has 2 aromatic carbocycles. The number of amides is 1. The van der Waals surface area contributed by atoms with E-state index in [1.807, 2.05) is 43.3 Å². The number of ketones is 1. The predicted molar refractivity (Wildman–Crippen MR) is 129 cm³/mol. The normalized spacial score (nSPS) is 17.7. The minimum absolute atomic E-state index is 0.109. The summed E-state index contributed by atoms with van der Waals surface area (Å²) in [6.45, 7) is 0. The van der Waals surface area contributed by atoms with Crippen molar-refractivity contribution in [2.24, 2.45) is 0 Å². The van der Waals surface area contributed by atoms with Crippen molar-refractivity contribution in [1.82, 2.24) is 15.3 Å². The van der Waals surface area contributed by atoms with E-state index in [-0.39, 0.29) is 23.3 Å². The summed E-state index contributed by atoms with van der Waals surface area (Å²) in [6.07, 6.45) is 3.02. The van der Waals surface area contributed by atoms with E-state index in [2.05, 4.69) is 20.6 Å². The Bertz CT molecular complexity index is 1220. The summed E-state index contributed by atoms with van der Waals surface area (Å²) >= 11 is 0. The summed E-state index contributed by atoms with van der Waals surface area (Å²) in [5.41, 5.74) is 0.869. The number of carbonyl (C=O) groups excluding carboxylic acids is 2. The van der Waals surface area contributed by atoms with Crippen molar-refractivity contribution in [1.29, 1.82) is 0 Å². The number of Topliss-reactive ketones (excluding diaryl/α,β-unsaturated/α-hetero) is 1. The summed E-state index contributed by atoms with van der Waals surface area (Å²) in [4.78, 5) is 46.3. The van der Waals surface area contributed by atoms with E-state index in [1.165, 1.54) is 24.3 Å². The van der Waals surface area contributed by atoms with Gasteiger partial charge in [0.15, 0.2) is 0 Å². The van der Waals surface area contributed by atoms with Gasteiger partial charge in [0.2, 0.25) is 11.7 Å². The largest absolute Gasteiger partial charge is 0.362 e. The van der Waals surface area contributed by atoms with Crippen LogP contribution < -0.4 is 15.5 Å². The summed E-state index contributed by atoms with van der Waals surface area (Å²) < 4.78 is 0. The number of hydrogen-bond acceptors (Lipinski definition) is 8.